The summed E-state index contributed by atoms with van der Waals surface area (Å²) in [6.45, 7) is 7.36. The topological polar surface area (TPSA) is 78.9 Å². The minimum absolute atomic E-state index is 0.0129. The SMILES string of the molecule is CCN(CC)C(C)NC(=O)COc1ccc(Br)cc1C(=O)O. The molecule has 0 aromatic heterocycles. The van der Waals surface area contributed by atoms with Crippen LogP contribution in [0, 0.1) is 0 Å². The Balaban J connectivity index is 2.63. The smallest absolute Gasteiger partial charge is 0.339 e. The molecule has 1 unspecified atom stereocenters. The molecule has 1 atom stereocenters. The van der Waals surface area contributed by atoms with Gasteiger partial charge in [0.05, 0.1) is 6.17 Å². The summed E-state index contributed by atoms with van der Waals surface area (Å²) in [7, 11) is 0. The Hall–Kier alpha value is -1.60. The first-order valence-corrected chi connectivity index (χ1v) is 7.87. The van der Waals surface area contributed by atoms with Crippen LogP contribution in [0.1, 0.15) is 31.1 Å². The molecule has 22 heavy (non-hydrogen) atoms. The number of nitrogens with zero attached hydrogens (tertiary/aromatic N) is 1. The summed E-state index contributed by atoms with van der Waals surface area (Å²) in [5.74, 6) is -1.23. The van der Waals surface area contributed by atoms with Crippen LogP contribution in [0.25, 0.3) is 0 Å². The number of nitrogens with one attached hydrogen (secondary N) is 1. The van der Waals surface area contributed by atoms with Crippen molar-refractivity contribution >= 4 is 27.8 Å². The van der Waals surface area contributed by atoms with Crippen LogP contribution >= 0.6 is 15.9 Å². The maximum Gasteiger partial charge on any atom is 0.339 e. The van der Waals surface area contributed by atoms with Crippen molar-refractivity contribution in [2.75, 3.05) is 19.7 Å². The fourth-order valence-corrected chi connectivity index (χ4v) is 2.44. The number of halogens is 1. The molecule has 0 aliphatic rings. The molecule has 122 valence electrons. The first kappa shape index (κ1) is 18.4. The summed E-state index contributed by atoms with van der Waals surface area (Å²) < 4.78 is 5.97. The monoisotopic (exact) mass is 372 g/mol. The van der Waals surface area contributed by atoms with Crippen molar-refractivity contribution in [1.29, 1.82) is 0 Å². The fraction of sp³-hybridized carbons (Fsp3) is 0.467. The molecule has 1 rings (SSSR count). The number of aromatic carboxylic acids is 1. The molecule has 2 N–H and O–H groups in total. The lowest BCUT2D eigenvalue weighted by Gasteiger charge is -2.27. The van der Waals surface area contributed by atoms with E-state index < -0.39 is 5.97 Å². The van der Waals surface area contributed by atoms with Gasteiger partial charge in [-0.2, -0.15) is 0 Å². The van der Waals surface area contributed by atoms with Crippen molar-refractivity contribution in [3.8, 4) is 5.75 Å². The number of carboxylic acids is 1. The second-order valence-corrected chi connectivity index (χ2v) is 5.61. The average molecular weight is 373 g/mol. The van der Waals surface area contributed by atoms with Crippen molar-refractivity contribution in [1.82, 2.24) is 10.2 Å². The molecule has 7 heteroatoms. The third-order valence-corrected chi connectivity index (χ3v) is 3.75. The molecule has 1 amide bonds. The van der Waals surface area contributed by atoms with Gasteiger partial charge < -0.3 is 15.2 Å². The number of benzene rings is 1. The van der Waals surface area contributed by atoms with Crippen LogP contribution in [0.5, 0.6) is 5.75 Å². The molecule has 0 radical (unpaired) electrons. The van der Waals surface area contributed by atoms with Crippen molar-refractivity contribution in [2.24, 2.45) is 0 Å². The van der Waals surface area contributed by atoms with Gasteiger partial charge in [-0.05, 0) is 38.2 Å². The van der Waals surface area contributed by atoms with Gasteiger partial charge in [0.15, 0.2) is 6.61 Å². The lowest BCUT2D eigenvalue weighted by molar-refractivity contribution is -0.124. The number of rotatable bonds is 8. The summed E-state index contributed by atoms with van der Waals surface area (Å²) in [6, 6.07) is 4.63. The minimum atomic E-state index is -1.10. The Kier molecular flexibility index (Phi) is 7.34. The van der Waals surface area contributed by atoms with Gasteiger partial charge in [0.1, 0.15) is 11.3 Å². The number of carbonyl (C=O) groups excluding carboxylic acids is 1. The predicted molar refractivity (Wildman–Crippen MR) is 87.1 cm³/mol. The number of ether oxygens (including phenoxy) is 1. The fourth-order valence-electron chi connectivity index (χ4n) is 2.08. The van der Waals surface area contributed by atoms with E-state index in [1.165, 1.54) is 12.1 Å². The van der Waals surface area contributed by atoms with E-state index in [-0.39, 0.29) is 30.0 Å². The second kappa shape index (κ2) is 8.75. The Morgan fingerprint density at radius 2 is 2.00 bits per heavy atom. The van der Waals surface area contributed by atoms with Gasteiger partial charge in [0, 0.05) is 4.47 Å². The van der Waals surface area contributed by atoms with E-state index in [9.17, 15) is 9.59 Å². The van der Waals surface area contributed by atoms with Gasteiger partial charge in [-0.3, -0.25) is 9.69 Å². The molecule has 1 aromatic carbocycles. The Bertz CT molecular complexity index is 532. The van der Waals surface area contributed by atoms with E-state index >= 15 is 0 Å². The minimum Gasteiger partial charge on any atom is -0.483 e. The van der Waals surface area contributed by atoms with Crippen LogP contribution in [0.4, 0.5) is 0 Å². The lowest BCUT2D eigenvalue weighted by Crippen LogP contribution is -2.47. The Labute approximate surface area is 138 Å². The van der Waals surface area contributed by atoms with E-state index in [0.717, 1.165) is 13.1 Å². The number of hydrogen-bond acceptors (Lipinski definition) is 4. The third kappa shape index (κ3) is 5.31. The molecule has 0 heterocycles. The van der Waals surface area contributed by atoms with Gasteiger partial charge in [-0.25, -0.2) is 4.79 Å². The highest BCUT2D eigenvalue weighted by atomic mass is 79.9. The first-order valence-electron chi connectivity index (χ1n) is 7.08. The molecule has 6 nitrogen and oxygen atoms in total. The Morgan fingerprint density at radius 1 is 1.36 bits per heavy atom. The van der Waals surface area contributed by atoms with Crippen LogP contribution in [-0.2, 0) is 4.79 Å². The van der Waals surface area contributed by atoms with E-state index in [4.69, 9.17) is 9.84 Å². The Morgan fingerprint density at radius 3 is 2.55 bits per heavy atom. The number of carbonyl (C=O) groups is 2. The number of hydrogen-bond donors (Lipinski definition) is 2. The van der Waals surface area contributed by atoms with Gasteiger partial charge >= 0.3 is 5.97 Å². The van der Waals surface area contributed by atoms with Crippen molar-refractivity contribution < 1.29 is 19.4 Å². The largest absolute Gasteiger partial charge is 0.483 e. The molecule has 1 aromatic rings. The lowest BCUT2D eigenvalue weighted by atomic mass is 10.2. The van der Waals surface area contributed by atoms with Gasteiger partial charge in [-0.1, -0.05) is 29.8 Å². The van der Waals surface area contributed by atoms with Crippen molar-refractivity contribution in [2.45, 2.75) is 26.9 Å². The van der Waals surface area contributed by atoms with Crippen molar-refractivity contribution in [3.05, 3.63) is 28.2 Å². The van der Waals surface area contributed by atoms with Crippen LogP contribution in [0.3, 0.4) is 0 Å². The van der Waals surface area contributed by atoms with Gasteiger partial charge in [0.2, 0.25) is 0 Å². The summed E-state index contributed by atoms with van der Waals surface area (Å²) in [4.78, 5) is 25.1. The molecule has 0 spiro atoms. The number of amides is 1. The van der Waals surface area contributed by atoms with E-state index in [0.29, 0.717) is 4.47 Å². The van der Waals surface area contributed by atoms with E-state index in [1.54, 1.807) is 6.07 Å². The third-order valence-electron chi connectivity index (χ3n) is 3.26. The normalized spacial score (nSPS) is 12.0. The molecule has 0 saturated carbocycles. The van der Waals surface area contributed by atoms with Crippen LogP contribution in [0.2, 0.25) is 0 Å². The van der Waals surface area contributed by atoms with Gasteiger partial charge in [0.25, 0.3) is 5.91 Å². The molecule has 0 saturated heterocycles. The standard InChI is InChI=1S/C15H21BrN2O4/c1-4-18(5-2)10(3)17-14(19)9-22-13-7-6-11(16)8-12(13)15(20)21/h6-8,10H,4-5,9H2,1-3H3,(H,17,19)(H,20,21). The highest BCUT2D eigenvalue weighted by Crippen LogP contribution is 2.23. The zero-order valence-corrected chi connectivity index (χ0v) is 14.5. The summed E-state index contributed by atoms with van der Waals surface area (Å²) in [6.07, 6.45) is -0.102. The number of carboxylic acid groups (broad SMARTS) is 1. The summed E-state index contributed by atoms with van der Waals surface area (Å²) >= 11 is 3.21. The predicted octanol–water partition coefficient (Wildman–Crippen LogP) is 2.33. The molecule has 0 bridgehead atoms. The molecular formula is C15H21BrN2O4. The summed E-state index contributed by atoms with van der Waals surface area (Å²) in [5, 5.41) is 11.9. The quantitative estimate of drug-likeness (QED) is 0.684. The van der Waals surface area contributed by atoms with Crippen LogP contribution < -0.4 is 10.1 Å². The molecule has 0 aliphatic heterocycles. The van der Waals surface area contributed by atoms with E-state index in [2.05, 4.69) is 26.1 Å². The maximum absolute atomic E-state index is 11.9. The second-order valence-electron chi connectivity index (χ2n) is 4.70. The zero-order chi connectivity index (χ0) is 16.7. The van der Waals surface area contributed by atoms with Crippen LogP contribution in [-0.4, -0.2) is 47.7 Å². The molecule has 0 aliphatic carbocycles. The highest BCUT2D eigenvalue weighted by molar-refractivity contribution is 9.10. The zero-order valence-electron chi connectivity index (χ0n) is 12.9. The van der Waals surface area contributed by atoms with Crippen molar-refractivity contribution in [3.63, 3.8) is 0 Å². The average Bonchev–Trinajstić information content (AvgIpc) is 2.47. The maximum atomic E-state index is 11.9. The van der Waals surface area contributed by atoms with Gasteiger partial charge in [-0.15, -0.1) is 0 Å². The van der Waals surface area contributed by atoms with Crippen LogP contribution in [0.15, 0.2) is 22.7 Å². The molecule has 0 fully saturated rings. The molecular weight excluding hydrogens is 352 g/mol. The van der Waals surface area contributed by atoms with E-state index in [1.807, 2.05) is 20.8 Å². The highest BCUT2D eigenvalue weighted by Gasteiger charge is 2.16. The summed E-state index contributed by atoms with van der Waals surface area (Å²) in [5.41, 5.74) is 0.0129. The first-order chi connectivity index (χ1) is 10.4.